The first-order valence-corrected chi connectivity index (χ1v) is 9.43. The molecule has 1 rings (SSSR count). The van der Waals surface area contributed by atoms with Gasteiger partial charge in [-0.2, -0.15) is 0 Å². The van der Waals surface area contributed by atoms with E-state index in [-0.39, 0.29) is 10.8 Å². The Hall–Kier alpha value is 0.240. The predicted molar refractivity (Wildman–Crippen MR) is 78.9 cm³/mol. The summed E-state index contributed by atoms with van der Waals surface area (Å²) in [5.74, 6) is 1.55. The molecule has 1 saturated carbocycles. The van der Waals surface area contributed by atoms with Gasteiger partial charge in [-0.15, -0.1) is 11.6 Å². The van der Waals surface area contributed by atoms with Gasteiger partial charge in [0.15, 0.2) is 0 Å². The van der Waals surface area contributed by atoms with E-state index in [1.54, 1.807) is 0 Å². The van der Waals surface area contributed by atoms with E-state index in [1.807, 2.05) is 0 Å². The van der Waals surface area contributed by atoms with Crippen molar-refractivity contribution in [2.24, 2.45) is 17.3 Å². The van der Waals surface area contributed by atoms with Crippen LogP contribution in [0.15, 0.2) is 0 Å². The lowest BCUT2D eigenvalue weighted by atomic mass is 9.67. The molecule has 18 heavy (non-hydrogen) atoms. The van der Waals surface area contributed by atoms with E-state index in [2.05, 4.69) is 20.8 Å². The summed E-state index contributed by atoms with van der Waals surface area (Å²) in [6, 6.07) is 0. The molecule has 0 aromatic heterocycles. The van der Waals surface area contributed by atoms with Crippen LogP contribution in [0.4, 0.5) is 0 Å². The molecule has 0 spiro atoms. The summed E-state index contributed by atoms with van der Waals surface area (Å²) < 4.78 is 22.3. The first kappa shape index (κ1) is 16.3. The second kappa shape index (κ2) is 6.13. The van der Waals surface area contributed by atoms with Crippen LogP contribution in [0, 0.1) is 17.3 Å². The molecule has 0 saturated heterocycles. The van der Waals surface area contributed by atoms with E-state index in [0.29, 0.717) is 11.7 Å². The van der Waals surface area contributed by atoms with Crippen molar-refractivity contribution in [1.29, 1.82) is 0 Å². The van der Waals surface area contributed by atoms with Crippen molar-refractivity contribution in [1.82, 2.24) is 0 Å². The Morgan fingerprint density at radius 1 is 1.28 bits per heavy atom. The molecule has 3 unspecified atom stereocenters. The molecule has 0 aliphatic heterocycles. The van der Waals surface area contributed by atoms with Gasteiger partial charge in [0.2, 0.25) is 0 Å². The highest BCUT2D eigenvalue weighted by atomic mass is 35.5. The molecule has 0 heterocycles. The van der Waals surface area contributed by atoms with Gasteiger partial charge in [0.1, 0.15) is 9.84 Å². The number of hydrogen-bond donors (Lipinski definition) is 0. The second-order valence-electron chi connectivity index (χ2n) is 6.76. The maximum absolute atomic E-state index is 11.2. The number of sulfone groups is 1. The Labute approximate surface area is 117 Å². The van der Waals surface area contributed by atoms with Crippen molar-refractivity contribution < 1.29 is 8.42 Å². The fourth-order valence-electron chi connectivity index (χ4n) is 3.17. The van der Waals surface area contributed by atoms with E-state index in [4.69, 9.17) is 11.6 Å². The minimum atomic E-state index is -2.83. The van der Waals surface area contributed by atoms with Gasteiger partial charge in [-0.1, -0.05) is 27.2 Å². The van der Waals surface area contributed by atoms with Crippen LogP contribution in [0.5, 0.6) is 0 Å². The third-order valence-electron chi connectivity index (χ3n) is 4.37. The zero-order valence-electron chi connectivity index (χ0n) is 12.1. The summed E-state index contributed by atoms with van der Waals surface area (Å²) in [6.45, 7) is 6.75. The van der Waals surface area contributed by atoms with Gasteiger partial charge >= 0.3 is 0 Å². The molecule has 0 N–H and O–H groups in total. The summed E-state index contributed by atoms with van der Waals surface area (Å²) in [7, 11) is -2.83. The lowest BCUT2D eigenvalue weighted by molar-refractivity contribution is 0.131. The predicted octanol–water partition coefficient (Wildman–Crippen LogP) is 3.88. The normalized spacial score (nSPS) is 30.4. The molecule has 0 radical (unpaired) electrons. The van der Waals surface area contributed by atoms with Gasteiger partial charge < -0.3 is 0 Å². The van der Waals surface area contributed by atoms with Crippen LogP contribution in [0.1, 0.15) is 52.9 Å². The van der Waals surface area contributed by atoms with E-state index < -0.39 is 9.84 Å². The monoisotopic (exact) mass is 294 g/mol. The average Bonchev–Trinajstić information content (AvgIpc) is 2.13. The van der Waals surface area contributed by atoms with E-state index in [0.717, 1.165) is 25.2 Å². The van der Waals surface area contributed by atoms with Crippen LogP contribution in [-0.2, 0) is 9.84 Å². The zero-order valence-corrected chi connectivity index (χ0v) is 13.6. The fourth-order valence-corrected chi connectivity index (χ4v) is 4.61. The fraction of sp³-hybridized carbons (Fsp3) is 1.00. The lowest BCUT2D eigenvalue weighted by Gasteiger charge is -2.42. The maximum atomic E-state index is 11.2. The van der Waals surface area contributed by atoms with Gasteiger partial charge in [0, 0.05) is 17.4 Å². The van der Waals surface area contributed by atoms with Crippen LogP contribution in [0.3, 0.4) is 0 Å². The first-order valence-electron chi connectivity index (χ1n) is 6.93. The summed E-state index contributed by atoms with van der Waals surface area (Å²) in [6.07, 6.45) is 6.54. The van der Waals surface area contributed by atoms with Crippen molar-refractivity contribution in [2.75, 3.05) is 12.0 Å². The zero-order chi connectivity index (χ0) is 14.0. The molecule has 108 valence electrons. The van der Waals surface area contributed by atoms with E-state index in [9.17, 15) is 8.42 Å². The Balaban J connectivity index is 2.52. The summed E-state index contributed by atoms with van der Waals surface area (Å²) >= 11 is 6.51. The number of halogens is 1. The molecule has 1 fully saturated rings. The second-order valence-corrected chi connectivity index (χ2v) is 9.58. The third kappa shape index (κ3) is 5.08. The van der Waals surface area contributed by atoms with Gasteiger partial charge in [-0.3, -0.25) is 0 Å². The molecule has 2 nitrogen and oxygen atoms in total. The highest BCUT2D eigenvalue weighted by Gasteiger charge is 2.37. The lowest BCUT2D eigenvalue weighted by Crippen LogP contribution is -2.36. The smallest absolute Gasteiger partial charge is 0.147 e. The standard InChI is InChI=1S/C14H27ClO2S/c1-11-6-7-12(13(15)10-11)14(2,3)8-5-9-18(4,16)17/h11-13H,5-10H2,1-4H3. The summed E-state index contributed by atoms with van der Waals surface area (Å²) in [5, 5.41) is 0.252. The molecule has 4 heteroatoms. The number of rotatable bonds is 5. The van der Waals surface area contributed by atoms with Gasteiger partial charge in [0.05, 0.1) is 0 Å². The Morgan fingerprint density at radius 2 is 1.89 bits per heavy atom. The van der Waals surface area contributed by atoms with Crippen molar-refractivity contribution in [3.63, 3.8) is 0 Å². The largest absolute Gasteiger partial charge is 0.229 e. The summed E-state index contributed by atoms with van der Waals surface area (Å²) in [5.41, 5.74) is 0.150. The average molecular weight is 295 g/mol. The van der Waals surface area contributed by atoms with Crippen molar-refractivity contribution in [2.45, 2.75) is 58.3 Å². The Kier molecular flexibility index (Phi) is 5.55. The highest BCUT2D eigenvalue weighted by molar-refractivity contribution is 7.90. The molecule has 0 amide bonds. The summed E-state index contributed by atoms with van der Waals surface area (Å²) in [4.78, 5) is 0. The minimum Gasteiger partial charge on any atom is -0.229 e. The van der Waals surface area contributed by atoms with Gasteiger partial charge in [0.25, 0.3) is 0 Å². The van der Waals surface area contributed by atoms with Gasteiger partial charge in [-0.05, 0) is 42.9 Å². The van der Waals surface area contributed by atoms with E-state index >= 15 is 0 Å². The Bertz CT molecular complexity index is 362. The van der Waals surface area contributed by atoms with Crippen molar-refractivity contribution in [3.8, 4) is 0 Å². The molecule has 1 aliphatic carbocycles. The highest BCUT2D eigenvalue weighted by Crippen LogP contribution is 2.45. The van der Waals surface area contributed by atoms with Crippen LogP contribution < -0.4 is 0 Å². The molecule has 0 aromatic rings. The molecule has 0 aromatic carbocycles. The third-order valence-corrected chi connectivity index (χ3v) is 5.89. The number of alkyl halides is 1. The molecule has 0 bridgehead atoms. The minimum absolute atomic E-state index is 0.150. The first-order chi connectivity index (χ1) is 8.12. The number of hydrogen-bond acceptors (Lipinski definition) is 2. The molecule has 1 aliphatic rings. The molecular weight excluding hydrogens is 268 g/mol. The maximum Gasteiger partial charge on any atom is 0.147 e. The van der Waals surface area contributed by atoms with Gasteiger partial charge in [-0.25, -0.2) is 8.42 Å². The SMILES string of the molecule is CC1CCC(C(C)(C)CCCS(C)(=O)=O)C(Cl)C1. The Morgan fingerprint density at radius 3 is 2.39 bits per heavy atom. The van der Waals surface area contributed by atoms with Crippen molar-refractivity contribution >= 4 is 21.4 Å². The van der Waals surface area contributed by atoms with Crippen LogP contribution >= 0.6 is 11.6 Å². The quantitative estimate of drug-likeness (QED) is 0.721. The van der Waals surface area contributed by atoms with E-state index in [1.165, 1.54) is 19.1 Å². The molecule has 3 atom stereocenters. The van der Waals surface area contributed by atoms with Crippen LogP contribution in [0.2, 0.25) is 0 Å². The van der Waals surface area contributed by atoms with Crippen LogP contribution in [-0.4, -0.2) is 25.8 Å². The van der Waals surface area contributed by atoms with Crippen molar-refractivity contribution in [3.05, 3.63) is 0 Å². The van der Waals surface area contributed by atoms with Crippen LogP contribution in [0.25, 0.3) is 0 Å². The topological polar surface area (TPSA) is 34.1 Å². The molecular formula is C14H27ClO2S.